The summed E-state index contributed by atoms with van der Waals surface area (Å²) in [5, 5.41) is 9.52. The van der Waals surface area contributed by atoms with Crippen molar-refractivity contribution >= 4 is 5.69 Å². The summed E-state index contributed by atoms with van der Waals surface area (Å²) in [6.45, 7) is 9.92. The van der Waals surface area contributed by atoms with E-state index in [-0.39, 0.29) is 6.10 Å². The standard InChI is InChI=1S/C16H27N3O/c1-13-4-3-5-16(14(13)2)19-10-8-18(9-11-19)7-6-15(20)12-17/h3-5,15,20H,6-12,17H2,1-2H3. The number of nitrogens with two attached hydrogens (primary N) is 1. The van der Waals surface area contributed by atoms with E-state index in [1.54, 1.807) is 0 Å². The highest BCUT2D eigenvalue weighted by atomic mass is 16.3. The van der Waals surface area contributed by atoms with Gasteiger partial charge in [-0.15, -0.1) is 0 Å². The van der Waals surface area contributed by atoms with E-state index in [2.05, 4.69) is 41.8 Å². The van der Waals surface area contributed by atoms with Crippen LogP contribution in [0.15, 0.2) is 18.2 Å². The number of aliphatic hydroxyl groups is 1. The Balaban J connectivity index is 1.86. The van der Waals surface area contributed by atoms with Gasteiger partial charge in [0.05, 0.1) is 6.10 Å². The maximum atomic E-state index is 9.52. The number of piperazine rings is 1. The minimum atomic E-state index is -0.355. The fourth-order valence-corrected chi connectivity index (χ4v) is 2.74. The zero-order valence-corrected chi connectivity index (χ0v) is 12.7. The Morgan fingerprint density at radius 3 is 2.55 bits per heavy atom. The van der Waals surface area contributed by atoms with E-state index >= 15 is 0 Å². The normalized spacial score (nSPS) is 18.3. The van der Waals surface area contributed by atoms with Crippen molar-refractivity contribution in [2.75, 3.05) is 44.2 Å². The molecule has 1 atom stereocenters. The molecule has 4 nitrogen and oxygen atoms in total. The lowest BCUT2D eigenvalue weighted by atomic mass is 10.1. The van der Waals surface area contributed by atoms with Gasteiger partial charge < -0.3 is 15.7 Å². The zero-order valence-electron chi connectivity index (χ0n) is 12.7. The highest BCUT2D eigenvalue weighted by Gasteiger charge is 2.19. The molecule has 3 N–H and O–H groups in total. The van der Waals surface area contributed by atoms with Crippen LogP contribution >= 0.6 is 0 Å². The summed E-state index contributed by atoms with van der Waals surface area (Å²) in [5.41, 5.74) is 9.55. The van der Waals surface area contributed by atoms with Crippen molar-refractivity contribution in [3.8, 4) is 0 Å². The molecule has 1 aromatic rings. The first kappa shape index (κ1) is 15.3. The second-order valence-electron chi connectivity index (χ2n) is 5.73. The van der Waals surface area contributed by atoms with Crippen LogP contribution < -0.4 is 10.6 Å². The molecule has 0 amide bonds. The molecule has 0 saturated carbocycles. The van der Waals surface area contributed by atoms with Gasteiger partial charge in [0.15, 0.2) is 0 Å². The predicted octanol–water partition coefficient (Wildman–Crippen LogP) is 1.14. The molecular formula is C16H27N3O. The van der Waals surface area contributed by atoms with Crippen molar-refractivity contribution in [2.45, 2.75) is 26.4 Å². The Kier molecular flexibility index (Phi) is 5.40. The Morgan fingerprint density at radius 2 is 1.90 bits per heavy atom. The van der Waals surface area contributed by atoms with Gasteiger partial charge in [0.1, 0.15) is 0 Å². The molecule has 1 fully saturated rings. The van der Waals surface area contributed by atoms with Crippen LogP contribution in [-0.2, 0) is 0 Å². The zero-order chi connectivity index (χ0) is 14.5. The number of aryl methyl sites for hydroxylation is 1. The molecule has 1 aliphatic heterocycles. The van der Waals surface area contributed by atoms with Gasteiger partial charge >= 0.3 is 0 Å². The van der Waals surface area contributed by atoms with Gasteiger partial charge in [0.25, 0.3) is 0 Å². The molecule has 0 aromatic heterocycles. The number of benzene rings is 1. The second kappa shape index (κ2) is 7.07. The van der Waals surface area contributed by atoms with E-state index < -0.39 is 0 Å². The minimum absolute atomic E-state index is 0.355. The molecule has 1 heterocycles. The fourth-order valence-electron chi connectivity index (χ4n) is 2.74. The molecule has 2 rings (SSSR count). The molecule has 1 aliphatic rings. The number of nitrogens with zero attached hydrogens (tertiary/aromatic N) is 2. The minimum Gasteiger partial charge on any atom is -0.392 e. The first-order valence-electron chi connectivity index (χ1n) is 7.53. The maximum absolute atomic E-state index is 9.52. The van der Waals surface area contributed by atoms with Gasteiger partial charge in [-0.05, 0) is 37.5 Å². The molecule has 0 spiro atoms. The molecule has 0 bridgehead atoms. The molecule has 1 unspecified atom stereocenters. The average Bonchev–Trinajstić information content (AvgIpc) is 2.48. The summed E-state index contributed by atoms with van der Waals surface area (Å²) >= 11 is 0. The molecule has 0 aliphatic carbocycles. The van der Waals surface area contributed by atoms with Crippen LogP contribution in [0, 0.1) is 13.8 Å². The van der Waals surface area contributed by atoms with Crippen LogP contribution in [0.3, 0.4) is 0 Å². The number of hydrogen-bond donors (Lipinski definition) is 2. The Labute approximate surface area is 122 Å². The van der Waals surface area contributed by atoms with Crippen LogP contribution in [0.4, 0.5) is 5.69 Å². The van der Waals surface area contributed by atoms with E-state index in [0.29, 0.717) is 6.54 Å². The highest BCUT2D eigenvalue weighted by molar-refractivity contribution is 5.56. The number of anilines is 1. The average molecular weight is 277 g/mol. The van der Waals surface area contributed by atoms with Crippen LogP contribution in [-0.4, -0.2) is 55.4 Å². The summed E-state index contributed by atoms with van der Waals surface area (Å²) in [6, 6.07) is 6.53. The maximum Gasteiger partial charge on any atom is 0.0674 e. The predicted molar refractivity (Wildman–Crippen MR) is 84.2 cm³/mol. The topological polar surface area (TPSA) is 52.7 Å². The number of rotatable bonds is 5. The van der Waals surface area contributed by atoms with Gasteiger partial charge in [0, 0.05) is 45.0 Å². The van der Waals surface area contributed by atoms with Gasteiger partial charge in [-0.25, -0.2) is 0 Å². The Bertz CT molecular complexity index is 428. The third-order valence-electron chi connectivity index (χ3n) is 4.34. The summed E-state index contributed by atoms with van der Waals surface area (Å²) in [4.78, 5) is 4.89. The van der Waals surface area contributed by atoms with Crippen molar-refractivity contribution < 1.29 is 5.11 Å². The van der Waals surface area contributed by atoms with Crippen LogP contribution in [0.2, 0.25) is 0 Å². The van der Waals surface area contributed by atoms with E-state index in [9.17, 15) is 5.11 Å². The van der Waals surface area contributed by atoms with Crippen molar-refractivity contribution in [1.29, 1.82) is 0 Å². The largest absolute Gasteiger partial charge is 0.392 e. The molecular weight excluding hydrogens is 250 g/mol. The van der Waals surface area contributed by atoms with Crippen molar-refractivity contribution in [2.24, 2.45) is 5.73 Å². The summed E-state index contributed by atoms with van der Waals surface area (Å²) in [6.07, 6.45) is 0.423. The molecule has 1 aromatic carbocycles. The van der Waals surface area contributed by atoms with Gasteiger partial charge in [-0.1, -0.05) is 12.1 Å². The lowest BCUT2D eigenvalue weighted by Crippen LogP contribution is -2.47. The number of aliphatic hydroxyl groups excluding tert-OH is 1. The summed E-state index contributed by atoms with van der Waals surface area (Å²) in [7, 11) is 0. The van der Waals surface area contributed by atoms with Gasteiger partial charge in [-0.2, -0.15) is 0 Å². The molecule has 0 radical (unpaired) electrons. The van der Waals surface area contributed by atoms with E-state index in [4.69, 9.17) is 5.73 Å². The summed E-state index contributed by atoms with van der Waals surface area (Å²) in [5.74, 6) is 0. The molecule has 1 saturated heterocycles. The van der Waals surface area contributed by atoms with Crippen LogP contribution in [0.5, 0.6) is 0 Å². The molecule has 20 heavy (non-hydrogen) atoms. The van der Waals surface area contributed by atoms with Crippen molar-refractivity contribution in [1.82, 2.24) is 4.90 Å². The molecule has 4 heteroatoms. The third-order valence-corrected chi connectivity index (χ3v) is 4.34. The first-order valence-corrected chi connectivity index (χ1v) is 7.53. The Morgan fingerprint density at radius 1 is 1.20 bits per heavy atom. The van der Waals surface area contributed by atoms with Gasteiger partial charge in [-0.3, -0.25) is 4.90 Å². The second-order valence-corrected chi connectivity index (χ2v) is 5.73. The van der Waals surface area contributed by atoms with E-state index in [0.717, 1.165) is 39.1 Å². The highest BCUT2D eigenvalue weighted by Crippen LogP contribution is 2.23. The lowest BCUT2D eigenvalue weighted by Gasteiger charge is -2.37. The SMILES string of the molecule is Cc1cccc(N2CCN(CCC(O)CN)CC2)c1C. The summed E-state index contributed by atoms with van der Waals surface area (Å²) < 4.78 is 0. The van der Waals surface area contributed by atoms with Crippen LogP contribution in [0.1, 0.15) is 17.5 Å². The fraction of sp³-hybridized carbons (Fsp3) is 0.625. The number of hydrogen-bond acceptors (Lipinski definition) is 4. The van der Waals surface area contributed by atoms with Crippen LogP contribution in [0.25, 0.3) is 0 Å². The van der Waals surface area contributed by atoms with Gasteiger partial charge in [0.2, 0.25) is 0 Å². The third kappa shape index (κ3) is 3.72. The Hall–Kier alpha value is -1.10. The smallest absolute Gasteiger partial charge is 0.0674 e. The molecule has 112 valence electrons. The first-order chi connectivity index (χ1) is 9.61. The van der Waals surface area contributed by atoms with Crippen molar-refractivity contribution in [3.05, 3.63) is 29.3 Å². The quantitative estimate of drug-likeness (QED) is 0.847. The van der Waals surface area contributed by atoms with E-state index in [1.807, 2.05) is 0 Å². The lowest BCUT2D eigenvalue weighted by molar-refractivity contribution is 0.144. The monoisotopic (exact) mass is 277 g/mol. The van der Waals surface area contributed by atoms with E-state index in [1.165, 1.54) is 16.8 Å². The van der Waals surface area contributed by atoms with Crippen molar-refractivity contribution in [3.63, 3.8) is 0 Å².